The number of carbonyl (C=O) groups excluding carboxylic acids is 1. The first kappa shape index (κ1) is 17.0. The average molecular weight is 355 g/mol. The summed E-state index contributed by atoms with van der Waals surface area (Å²) in [7, 11) is 1.74. The van der Waals surface area contributed by atoms with E-state index in [0.717, 1.165) is 44.8 Å². The van der Waals surface area contributed by atoms with Crippen LogP contribution < -0.4 is 4.90 Å². The van der Waals surface area contributed by atoms with Gasteiger partial charge in [0.05, 0.1) is 12.6 Å². The second kappa shape index (κ2) is 7.07. The molecule has 1 N–H and O–H groups in total. The number of amides is 1. The second-order valence-corrected chi connectivity index (χ2v) is 7.37. The van der Waals surface area contributed by atoms with Crippen molar-refractivity contribution in [2.75, 3.05) is 38.3 Å². The van der Waals surface area contributed by atoms with Crippen molar-refractivity contribution < 1.29 is 9.53 Å². The van der Waals surface area contributed by atoms with Gasteiger partial charge in [0.15, 0.2) is 0 Å². The number of nitrogens with zero attached hydrogens (tertiary/aromatic N) is 4. The van der Waals surface area contributed by atoms with E-state index < -0.39 is 0 Å². The number of H-pyrrole nitrogens is 1. The maximum Gasteiger partial charge on any atom is 0.270 e. The molecule has 1 spiro atoms. The van der Waals surface area contributed by atoms with Gasteiger partial charge in [0, 0.05) is 45.3 Å². The fraction of sp³-hybridized carbons (Fsp3) is 0.526. The first-order chi connectivity index (χ1) is 12.7. The van der Waals surface area contributed by atoms with Crippen LogP contribution in [0.4, 0.5) is 5.95 Å². The van der Waals surface area contributed by atoms with Gasteiger partial charge in [-0.05, 0) is 42.9 Å². The Morgan fingerprint density at radius 3 is 2.73 bits per heavy atom. The highest BCUT2D eigenvalue weighted by Crippen LogP contribution is 2.44. The zero-order valence-corrected chi connectivity index (χ0v) is 15.1. The summed E-state index contributed by atoms with van der Waals surface area (Å²) in [5, 5.41) is 0. The quantitative estimate of drug-likeness (QED) is 0.907. The molecular weight excluding hydrogens is 330 g/mol. The van der Waals surface area contributed by atoms with Crippen LogP contribution in [0.3, 0.4) is 0 Å². The third-order valence-electron chi connectivity index (χ3n) is 5.72. The largest absolute Gasteiger partial charge is 0.383 e. The van der Waals surface area contributed by atoms with Crippen LogP contribution in [0.1, 0.15) is 29.8 Å². The standard InChI is InChI=1S/C19H25N5O2/c1-26-13-15-12-19(14-24(15)18-21-8-3-9-22-18)5-10-23(11-6-19)17(25)16-4-2-7-20-16/h2-4,7-9,15,20H,5-6,10-14H2,1H3. The summed E-state index contributed by atoms with van der Waals surface area (Å²) in [6, 6.07) is 5.83. The minimum atomic E-state index is 0.0968. The number of aromatic amines is 1. The Balaban J connectivity index is 1.46. The van der Waals surface area contributed by atoms with Crippen molar-refractivity contribution in [3.05, 3.63) is 42.5 Å². The predicted molar refractivity (Wildman–Crippen MR) is 98.0 cm³/mol. The highest BCUT2D eigenvalue weighted by atomic mass is 16.5. The topological polar surface area (TPSA) is 74.3 Å². The number of likely N-dealkylation sites (tertiary alicyclic amines) is 1. The van der Waals surface area contributed by atoms with E-state index in [9.17, 15) is 4.79 Å². The lowest BCUT2D eigenvalue weighted by molar-refractivity contribution is 0.0593. The molecule has 1 atom stereocenters. The molecule has 2 saturated heterocycles. The van der Waals surface area contributed by atoms with E-state index in [2.05, 4.69) is 19.9 Å². The van der Waals surface area contributed by atoms with Gasteiger partial charge in [-0.25, -0.2) is 9.97 Å². The zero-order chi connectivity index (χ0) is 18.0. The summed E-state index contributed by atoms with van der Waals surface area (Å²) in [5.74, 6) is 0.871. The highest BCUT2D eigenvalue weighted by molar-refractivity contribution is 5.92. The maximum absolute atomic E-state index is 12.6. The third kappa shape index (κ3) is 3.19. The van der Waals surface area contributed by atoms with Crippen LogP contribution in [0.15, 0.2) is 36.8 Å². The van der Waals surface area contributed by atoms with Crippen LogP contribution in [0.5, 0.6) is 0 Å². The number of hydrogen-bond donors (Lipinski definition) is 1. The minimum Gasteiger partial charge on any atom is -0.383 e. The third-order valence-corrected chi connectivity index (χ3v) is 5.72. The van der Waals surface area contributed by atoms with Crippen LogP contribution >= 0.6 is 0 Å². The van der Waals surface area contributed by atoms with E-state index in [4.69, 9.17) is 4.74 Å². The van der Waals surface area contributed by atoms with E-state index in [1.165, 1.54) is 0 Å². The number of anilines is 1. The van der Waals surface area contributed by atoms with Crippen molar-refractivity contribution >= 4 is 11.9 Å². The molecule has 0 bridgehead atoms. The summed E-state index contributed by atoms with van der Waals surface area (Å²) in [5.41, 5.74) is 0.874. The summed E-state index contributed by atoms with van der Waals surface area (Å²) in [6.45, 7) is 3.18. The van der Waals surface area contributed by atoms with Crippen LogP contribution in [0, 0.1) is 5.41 Å². The summed E-state index contributed by atoms with van der Waals surface area (Å²) in [6.07, 6.45) is 8.43. The monoisotopic (exact) mass is 355 g/mol. The first-order valence-electron chi connectivity index (χ1n) is 9.16. The first-order valence-corrected chi connectivity index (χ1v) is 9.16. The highest BCUT2D eigenvalue weighted by Gasteiger charge is 2.46. The van der Waals surface area contributed by atoms with E-state index in [0.29, 0.717) is 12.3 Å². The van der Waals surface area contributed by atoms with Gasteiger partial charge in [-0.2, -0.15) is 0 Å². The predicted octanol–water partition coefficient (Wildman–Crippen LogP) is 1.95. The number of carbonyl (C=O) groups is 1. The van der Waals surface area contributed by atoms with Crippen molar-refractivity contribution in [1.29, 1.82) is 0 Å². The Labute approximate surface area is 153 Å². The SMILES string of the molecule is COCC1CC2(CCN(C(=O)c3ccc[nH]3)CC2)CN1c1ncccn1. The number of piperidine rings is 1. The molecule has 2 fully saturated rings. The Morgan fingerprint density at radius 1 is 1.31 bits per heavy atom. The normalized spacial score (nSPS) is 22.1. The second-order valence-electron chi connectivity index (χ2n) is 7.37. The molecule has 1 amide bonds. The van der Waals surface area contributed by atoms with Gasteiger partial charge in [0.1, 0.15) is 5.69 Å². The van der Waals surface area contributed by atoms with E-state index in [1.807, 2.05) is 23.1 Å². The van der Waals surface area contributed by atoms with Crippen LogP contribution in [-0.4, -0.2) is 65.2 Å². The van der Waals surface area contributed by atoms with Crippen molar-refractivity contribution in [3.8, 4) is 0 Å². The molecule has 7 heteroatoms. The van der Waals surface area contributed by atoms with Gasteiger partial charge in [-0.15, -0.1) is 0 Å². The number of rotatable bonds is 4. The molecule has 4 heterocycles. The van der Waals surface area contributed by atoms with Crippen LogP contribution in [-0.2, 0) is 4.74 Å². The van der Waals surface area contributed by atoms with Crippen molar-refractivity contribution in [2.45, 2.75) is 25.3 Å². The maximum atomic E-state index is 12.6. The van der Waals surface area contributed by atoms with Crippen molar-refractivity contribution in [3.63, 3.8) is 0 Å². The van der Waals surface area contributed by atoms with Gasteiger partial charge < -0.3 is 19.5 Å². The Hall–Kier alpha value is -2.41. The summed E-state index contributed by atoms with van der Waals surface area (Å²) in [4.78, 5) is 28.7. The fourth-order valence-electron chi connectivity index (χ4n) is 4.36. The van der Waals surface area contributed by atoms with Crippen LogP contribution in [0.25, 0.3) is 0 Å². The smallest absolute Gasteiger partial charge is 0.270 e. The molecule has 1 unspecified atom stereocenters. The number of nitrogens with one attached hydrogen (secondary N) is 1. The molecule has 0 radical (unpaired) electrons. The van der Waals surface area contributed by atoms with E-state index >= 15 is 0 Å². The van der Waals surface area contributed by atoms with Crippen molar-refractivity contribution in [1.82, 2.24) is 19.9 Å². The molecule has 26 heavy (non-hydrogen) atoms. The number of hydrogen-bond acceptors (Lipinski definition) is 5. The molecule has 0 saturated carbocycles. The molecule has 7 nitrogen and oxygen atoms in total. The molecular formula is C19H25N5O2. The summed E-state index contributed by atoms with van der Waals surface area (Å²) >= 11 is 0. The molecule has 0 aromatic carbocycles. The van der Waals surface area contributed by atoms with Gasteiger partial charge in [-0.1, -0.05) is 0 Å². The Kier molecular flexibility index (Phi) is 4.63. The van der Waals surface area contributed by atoms with E-state index in [1.54, 1.807) is 25.7 Å². The molecule has 138 valence electrons. The van der Waals surface area contributed by atoms with Gasteiger partial charge in [0.2, 0.25) is 5.95 Å². The molecule has 2 aliphatic heterocycles. The molecule has 2 aliphatic rings. The van der Waals surface area contributed by atoms with Crippen molar-refractivity contribution in [2.24, 2.45) is 5.41 Å². The van der Waals surface area contributed by atoms with Crippen LogP contribution in [0.2, 0.25) is 0 Å². The lowest BCUT2D eigenvalue weighted by Crippen LogP contribution is -2.44. The Bertz CT molecular complexity index is 726. The molecule has 2 aromatic heterocycles. The number of methoxy groups -OCH3 is 1. The Morgan fingerprint density at radius 2 is 2.08 bits per heavy atom. The molecule has 0 aliphatic carbocycles. The van der Waals surface area contributed by atoms with Gasteiger partial charge >= 0.3 is 0 Å². The number of ether oxygens (including phenoxy) is 1. The van der Waals surface area contributed by atoms with E-state index in [-0.39, 0.29) is 17.4 Å². The average Bonchev–Trinajstić information content (AvgIpc) is 3.32. The van der Waals surface area contributed by atoms with Gasteiger partial charge in [0.25, 0.3) is 5.91 Å². The lowest BCUT2D eigenvalue weighted by Gasteiger charge is -2.39. The summed E-state index contributed by atoms with van der Waals surface area (Å²) < 4.78 is 5.45. The van der Waals surface area contributed by atoms with Gasteiger partial charge in [-0.3, -0.25) is 4.79 Å². The number of aromatic nitrogens is 3. The minimum absolute atomic E-state index is 0.0968. The lowest BCUT2D eigenvalue weighted by atomic mass is 9.76. The fourth-order valence-corrected chi connectivity index (χ4v) is 4.36. The zero-order valence-electron chi connectivity index (χ0n) is 15.1. The molecule has 2 aromatic rings. The molecule has 4 rings (SSSR count).